The third-order valence-corrected chi connectivity index (χ3v) is 5.16. The van der Waals surface area contributed by atoms with Crippen LogP contribution >= 0.6 is 27.7 Å². The highest BCUT2D eigenvalue weighted by Crippen LogP contribution is 2.25. The number of carbonyl (C=O) groups is 1. The molecule has 1 atom stereocenters. The largest absolute Gasteiger partial charge is 0.497 e. The number of nitrogens with one attached hydrogen (secondary N) is 1. The fraction of sp³-hybridized carbons (Fsp3) is 0.211. The van der Waals surface area contributed by atoms with Crippen LogP contribution in [0, 0.1) is 0 Å². The van der Waals surface area contributed by atoms with Crippen LogP contribution in [0.15, 0.2) is 62.6 Å². The van der Waals surface area contributed by atoms with Gasteiger partial charge in [-0.1, -0.05) is 39.8 Å². The van der Waals surface area contributed by atoms with Crippen molar-refractivity contribution in [1.29, 1.82) is 0 Å². The highest BCUT2D eigenvalue weighted by Gasteiger charge is 2.13. The van der Waals surface area contributed by atoms with E-state index in [1.807, 2.05) is 55.5 Å². The van der Waals surface area contributed by atoms with E-state index in [9.17, 15) is 4.79 Å². The Hall–Kier alpha value is -2.32. The van der Waals surface area contributed by atoms with E-state index >= 15 is 0 Å². The first-order valence-corrected chi connectivity index (χ1v) is 9.98. The van der Waals surface area contributed by atoms with E-state index in [-0.39, 0.29) is 17.7 Å². The van der Waals surface area contributed by atoms with E-state index in [2.05, 4.69) is 31.4 Å². The number of methoxy groups -OCH3 is 1. The number of benzene rings is 2. The Kier molecular flexibility index (Phi) is 6.52. The second-order valence-corrected chi connectivity index (χ2v) is 7.57. The summed E-state index contributed by atoms with van der Waals surface area (Å²) in [6, 6.07) is 15.1. The number of rotatable bonds is 7. The molecule has 6 nitrogen and oxygen atoms in total. The van der Waals surface area contributed by atoms with Crippen molar-refractivity contribution in [3.8, 4) is 17.2 Å². The Morgan fingerprint density at radius 3 is 2.56 bits per heavy atom. The molecule has 1 amide bonds. The standard InChI is InChI=1S/C19H18BrN3O3S/c1-12(13-3-7-15(20)8-4-13)21-17(24)11-27-19-23-22-18(26-19)14-5-9-16(25-2)10-6-14/h3-10,12H,11H2,1-2H3,(H,21,24). The van der Waals surface area contributed by atoms with E-state index in [4.69, 9.17) is 9.15 Å². The van der Waals surface area contributed by atoms with Crippen molar-refractivity contribution in [3.63, 3.8) is 0 Å². The van der Waals surface area contributed by atoms with Gasteiger partial charge in [0.05, 0.1) is 18.9 Å². The molecule has 0 fully saturated rings. The molecular weight excluding hydrogens is 430 g/mol. The molecule has 1 unspecified atom stereocenters. The van der Waals surface area contributed by atoms with Gasteiger partial charge in [-0.05, 0) is 48.9 Å². The molecule has 0 aliphatic carbocycles. The monoisotopic (exact) mass is 447 g/mol. The van der Waals surface area contributed by atoms with Crippen LogP contribution in [-0.4, -0.2) is 29.0 Å². The first-order chi connectivity index (χ1) is 13.0. The van der Waals surface area contributed by atoms with Gasteiger partial charge in [0, 0.05) is 10.0 Å². The predicted molar refractivity (Wildman–Crippen MR) is 108 cm³/mol. The van der Waals surface area contributed by atoms with Gasteiger partial charge < -0.3 is 14.5 Å². The predicted octanol–water partition coefficient (Wildman–Crippen LogP) is 4.48. The summed E-state index contributed by atoms with van der Waals surface area (Å²) >= 11 is 4.61. The summed E-state index contributed by atoms with van der Waals surface area (Å²) in [5, 5.41) is 11.3. The minimum Gasteiger partial charge on any atom is -0.497 e. The molecule has 140 valence electrons. The number of nitrogens with zero attached hydrogens (tertiary/aromatic N) is 2. The molecule has 0 saturated heterocycles. The number of aromatic nitrogens is 2. The summed E-state index contributed by atoms with van der Waals surface area (Å²) < 4.78 is 11.7. The Bertz CT molecular complexity index is 897. The van der Waals surface area contributed by atoms with Crippen molar-refractivity contribution in [1.82, 2.24) is 15.5 Å². The van der Waals surface area contributed by atoms with Crippen LogP contribution in [0.2, 0.25) is 0 Å². The Labute approximate surface area is 169 Å². The van der Waals surface area contributed by atoms with Gasteiger partial charge in [0.25, 0.3) is 5.22 Å². The number of hydrogen-bond acceptors (Lipinski definition) is 6. The first kappa shape index (κ1) is 19.4. The SMILES string of the molecule is COc1ccc(-c2nnc(SCC(=O)NC(C)c3ccc(Br)cc3)o2)cc1. The Morgan fingerprint density at radius 2 is 1.89 bits per heavy atom. The topological polar surface area (TPSA) is 77.2 Å². The molecule has 0 aliphatic heterocycles. The maximum atomic E-state index is 12.2. The molecule has 1 heterocycles. The molecule has 3 rings (SSSR count). The van der Waals surface area contributed by atoms with Crippen LogP contribution in [0.5, 0.6) is 5.75 Å². The van der Waals surface area contributed by atoms with E-state index in [0.717, 1.165) is 21.3 Å². The average Bonchev–Trinajstić information content (AvgIpc) is 3.16. The number of amides is 1. The van der Waals surface area contributed by atoms with Gasteiger partial charge in [-0.3, -0.25) is 4.79 Å². The second kappa shape index (κ2) is 9.05. The van der Waals surface area contributed by atoms with Gasteiger partial charge in [0.2, 0.25) is 11.8 Å². The van der Waals surface area contributed by atoms with Crippen molar-refractivity contribution in [3.05, 3.63) is 58.6 Å². The molecule has 27 heavy (non-hydrogen) atoms. The number of ether oxygens (including phenoxy) is 1. The highest BCUT2D eigenvalue weighted by atomic mass is 79.9. The van der Waals surface area contributed by atoms with Gasteiger partial charge in [-0.2, -0.15) is 0 Å². The minimum atomic E-state index is -0.0976. The molecule has 0 spiro atoms. The number of halogens is 1. The third-order valence-electron chi connectivity index (χ3n) is 3.82. The fourth-order valence-corrected chi connectivity index (χ4v) is 3.20. The fourth-order valence-electron chi connectivity index (χ4n) is 2.36. The van der Waals surface area contributed by atoms with Gasteiger partial charge >= 0.3 is 0 Å². The van der Waals surface area contributed by atoms with Crippen LogP contribution in [0.1, 0.15) is 18.5 Å². The molecule has 0 saturated carbocycles. The van der Waals surface area contributed by atoms with Crippen molar-refractivity contribution in [2.24, 2.45) is 0 Å². The lowest BCUT2D eigenvalue weighted by Crippen LogP contribution is -2.28. The second-order valence-electron chi connectivity index (χ2n) is 5.73. The Balaban J connectivity index is 1.53. The lowest BCUT2D eigenvalue weighted by atomic mass is 10.1. The zero-order valence-corrected chi connectivity index (χ0v) is 17.2. The summed E-state index contributed by atoms with van der Waals surface area (Å²) in [5.41, 5.74) is 1.83. The van der Waals surface area contributed by atoms with Crippen LogP contribution < -0.4 is 10.1 Å². The third kappa shape index (κ3) is 5.33. The summed E-state index contributed by atoms with van der Waals surface area (Å²) in [5.74, 6) is 1.26. The Morgan fingerprint density at radius 1 is 1.19 bits per heavy atom. The number of hydrogen-bond donors (Lipinski definition) is 1. The molecule has 2 aromatic carbocycles. The molecule has 0 radical (unpaired) electrons. The molecule has 3 aromatic rings. The van der Waals surface area contributed by atoms with Crippen LogP contribution in [-0.2, 0) is 4.79 Å². The van der Waals surface area contributed by atoms with E-state index in [1.165, 1.54) is 11.8 Å². The van der Waals surface area contributed by atoms with Gasteiger partial charge in [0.15, 0.2) is 0 Å². The minimum absolute atomic E-state index is 0.0799. The summed E-state index contributed by atoms with van der Waals surface area (Å²) in [6.07, 6.45) is 0. The molecule has 8 heteroatoms. The van der Waals surface area contributed by atoms with E-state index in [0.29, 0.717) is 11.1 Å². The van der Waals surface area contributed by atoms with E-state index < -0.39 is 0 Å². The molecule has 0 bridgehead atoms. The van der Waals surface area contributed by atoms with Gasteiger partial charge in [-0.25, -0.2) is 0 Å². The highest BCUT2D eigenvalue weighted by molar-refractivity contribution is 9.10. The number of carbonyl (C=O) groups excluding carboxylic acids is 1. The smallest absolute Gasteiger partial charge is 0.277 e. The maximum Gasteiger partial charge on any atom is 0.277 e. The van der Waals surface area contributed by atoms with Crippen molar-refractivity contribution in [2.75, 3.05) is 12.9 Å². The lowest BCUT2D eigenvalue weighted by molar-refractivity contribution is -0.119. The van der Waals surface area contributed by atoms with Crippen molar-refractivity contribution < 1.29 is 13.9 Å². The molecule has 1 aromatic heterocycles. The summed E-state index contributed by atoms with van der Waals surface area (Å²) in [6.45, 7) is 1.94. The number of thioether (sulfide) groups is 1. The van der Waals surface area contributed by atoms with Crippen molar-refractivity contribution >= 4 is 33.6 Å². The summed E-state index contributed by atoms with van der Waals surface area (Å²) in [7, 11) is 1.61. The van der Waals surface area contributed by atoms with Gasteiger partial charge in [-0.15, -0.1) is 10.2 Å². The van der Waals surface area contributed by atoms with Gasteiger partial charge in [0.1, 0.15) is 5.75 Å². The zero-order valence-electron chi connectivity index (χ0n) is 14.8. The van der Waals surface area contributed by atoms with Crippen LogP contribution in [0.4, 0.5) is 0 Å². The molecular formula is C19H18BrN3O3S. The first-order valence-electron chi connectivity index (χ1n) is 8.20. The summed E-state index contributed by atoms with van der Waals surface area (Å²) in [4.78, 5) is 12.2. The van der Waals surface area contributed by atoms with Crippen molar-refractivity contribution in [2.45, 2.75) is 18.2 Å². The van der Waals surface area contributed by atoms with E-state index in [1.54, 1.807) is 7.11 Å². The van der Waals surface area contributed by atoms with Crippen LogP contribution in [0.3, 0.4) is 0 Å². The zero-order chi connectivity index (χ0) is 19.2. The molecule has 1 N–H and O–H groups in total. The van der Waals surface area contributed by atoms with Crippen LogP contribution in [0.25, 0.3) is 11.5 Å². The lowest BCUT2D eigenvalue weighted by Gasteiger charge is -2.13. The average molecular weight is 448 g/mol. The molecule has 0 aliphatic rings. The normalized spacial score (nSPS) is 11.8. The quantitative estimate of drug-likeness (QED) is 0.538. The maximum absolute atomic E-state index is 12.2.